The number of hydrogen-bond donors (Lipinski definition) is 6. The zero-order valence-corrected chi connectivity index (χ0v) is 36.2. The molecule has 1 aromatic carbocycles. The van der Waals surface area contributed by atoms with Crippen LogP contribution in [0.2, 0.25) is 0 Å². The number of carbonyl (C=O) groups is 7. The molecule has 0 spiro atoms. The number of hydrogen-bond acceptors (Lipinski definition) is 12. The number of aliphatic carboxylic acids is 1. The standard InChI is InChI=1S/C18H36N2O4.C11H12O4.C6H14N2O.C5H10OS.CH2O2/c1-2-3-4-5-6-7-8-9-10-11-20-18(22)16-24-15-14-23-13-12-19-17-21;12-7-1-2-9-3-5-10(6-4-9)15-8-11(13)14;1-6(8-5-9)3-2-4-7;1-3-7-4-5(2)6;2-1-3/h17H,2-16H2,1H3,(H,19,21)(H,20,22);3-7H,1-2,8H2,(H,13,14);5-6H,2-4,7H2,1H3,(H,8,9);3-4H2,1-2H3;1H,(H,2,3). The molecule has 16 nitrogen and oxygen atoms in total. The molecule has 0 saturated heterocycles. The number of ether oxygens (including phenoxy) is 3. The Kier molecular flexibility index (Phi) is 55.3. The quantitative estimate of drug-likeness (QED) is 0.0419. The van der Waals surface area contributed by atoms with Crippen LogP contribution in [0.5, 0.6) is 5.75 Å². The van der Waals surface area contributed by atoms with Gasteiger partial charge in [-0.3, -0.25) is 24.0 Å². The highest BCUT2D eigenvalue weighted by atomic mass is 32.2. The molecule has 1 atom stereocenters. The summed E-state index contributed by atoms with van der Waals surface area (Å²) in [6.45, 7) is 10.5. The number of rotatable bonds is 33. The summed E-state index contributed by atoms with van der Waals surface area (Å²) in [5.41, 5.74) is 6.29. The van der Waals surface area contributed by atoms with Gasteiger partial charge in [0, 0.05) is 25.6 Å². The number of carboxylic acid groups (broad SMARTS) is 2. The number of ketones is 1. The second-order valence-corrected chi connectivity index (χ2v) is 13.8. The average molecular weight is 847 g/mol. The van der Waals surface area contributed by atoms with Crippen LogP contribution in [0.4, 0.5) is 0 Å². The number of benzene rings is 1. The Morgan fingerprint density at radius 2 is 1.43 bits per heavy atom. The molecular formula is C41H74N4O12S. The van der Waals surface area contributed by atoms with E-state index in [1.165, 1.54) is 51.4 Å². The van der Waals surface area contributed by atoms with Gasteiger partial charge in [-0.15, -0.1) is 0 Å². The highest BCUT2D eigenvalue weighted by Gasteiger charge is 2.02. The Hall–Kier alpha value is -4.06. The predicted molar refractivity (Wildman–Crippen MR) is 229 cm³/mol. The molecule has 0 aliphatic rings. The van der Waals surface area contributed by atoms with Gasteiger partial charge in [-0.05, 0) is 69.5 Å². The lowest BCUT2D eigenvalue weighted by atomic mass is 10.1. The molecule has 58 heavy (non-hydrogen) atoms. The first kappa shape index (κ1) is 60.6. The van der Waals surface area contributed by atoms with E-state index in [1.807, 2.05) is 26.0 Å². The van der Waals surface area contributed by atoms with E-state index >= 15 is 0 Å². The number of aldehydes is 1. The lowest BCUT2D eigenvalue weighted by Crippen LogP contribution is -2.29. The molecule has 0 aromatic heterocycles. The van der Waals surface area contributed by atoms with Crippen molar-refractivity contribution in [3.8, 4) is 5.75 Å². The lowest BCUT2D eigenvalue weighted by Gasteiger charge is -2.07. The Bertz CT molecular complexity index is 1100. The number of Topliss-reactive ketones (excluding diaryl/α,β-unsaturated/α-hetero) is 1. The number of nitrogens with two attached hydrogens (primary N) is 1. The maximum Gasteiger partial charge on any atom is 0.341 e. The maximum atomic E-state index is 11.5. The molecule has 0 aliphatic heterocycles. The van der Waals surface area contributed by atoms with Crippen molar-refractivity contribution in [2.75, 3.05) is 64.2 Å². The van der Waals surface area contributed by atoms with Crippen molar-refractivity contribution in [1.82, 2.24) is 16.0 Å². The summed E-state index contributed by atoms with van der Waals surface area (Å²) in [6, 6.07) is 7.30. The largest absolute Gasteiger partial charge is 0.483 e. The molecule has 1 unspecified atom stereocenters. The summed E-state index contributed by atoms with van der Waals surface area (Å²) in [5, 5.41) is 23.3. The van der Waals surface area contributed by atoms with Crippen LogP contribution in [0.25, 0.3) is 0 Å². The molecule has 0 radical (unpaired) electrons. The van der Waals surface area contributed by atoms with Gasteiger partial charge in [0.1, 0.15) is 24.4 Å². The van der Waals surface area contributed by atoms with Crippen LogP contribution < -0.4 is 26.4 Å². The van der Waals surface area contributed by atoms with Gasteiger partial charge in [0.05, 0.1) is 25.6 Å². The third kappa shape index (κ3) is 58.6. The fourth-order valence-electron chi connectivity index (χ4n) is 4.28. The van der Waals surface area contributed by atoms with Gasteiger partial charge in [0.2, 0.25) is 18.7 Å². The van der Waals surface area contributed by atoms with Crippen molar-refractivity contribution in [3.63, 3.8) is 0 Å². The van der Waals surface area contributed by atoms with Gasteiger partial charge in [0.25, 0.3) is 6.47 Å². The van der Waals surface area contributed by atoms with Crippen LogP contribution in [0.3, 0.4) is 0 Å². The molecule has 1 rings (SSSR count). The summed E-state index contributed by atoms with van der Waals surface area (Å²) >= 11 is 1.67. The van der Waals surface area contributed by atoms with Crippen LogP contribution in [0.1, 0.15) is 110 Å². The zero-order valence-electron chi connectivity index (χ0n) is 35.4. The highest BCUT2D eigenvalue weighted by Crippen LogP contribution is 2.13. The van der Waals surface area contributed by atoms with Crippen LogP contribution in [0.15, 0.2) is 24.3 Å². The Morgan fingerprint density at radius 3 is 1.93 bits per heavy atom. The molecule has 0 bridgehead atoms. The second-order valence-electron chi connectivity index (χ2n) is 12.5. The second kappa shape index (κ2) is 52.9. The van der Waals surface area contributed by atoms with E-state index in [0.717, 1.165) is 49.8 Å². The molecule has 336 valence electrons. The number of unbranched alkanes of at least 4 members (excludes halogenated alkanes) is 8. The third-order valence-corrected chi connectivity index (χ3v) is 8.24. The van der Waals surface area contributed by atoms with Gasteiger partial charge < -0.3 is 50.9 Å². The summed E-state index contributed by atoms with van der Waals surface area (Å²) in [4.78, 5) is 70.2. The number of carboxylic acids is 1. The van der Waals surface area contributed by atoms with Crippen molar-refractivity contribution in [1.29, 1.82) is 0 Å². The molecular weight excluding hydrogens is 773 g/mol. The van der Waals surface area contributed by atoms with Crippen molar-refractivity contribution in [3.05, 3.63) is 29.8 Å². The zero-order chi connectivity index (χ0) is 44.3. The van der Waals surface area contributed by atoms with Crippen LogP contribution >= 0.6 is 11.8 Å². The molecule has 3 amide bonds. The first-order valence-corrected chi connectivity index (χ1v) is 21.2. The highest BCUT2D eigenvalue weighted by molar-refractivity contribution is 7.99. The smallest absolute Gasteiger partial charge is 0.341 e. The van der Waals surface area contributed by atoms with Crippen molar-refractivity contribution in [2.45, 2.75) is 117 Å². The summed E-state index contributed by atoms with van der Waals surface area (Å²) in [7, 11) is 0. The molecule has 0 heterocycles. The minimum absolute atomic E-state index is 0.0720. The average Bonchev–Trinajstić information content (AvgIpc) is 3.21. The monoisotopic (exact) mass is 847 g/mol. The van der Waals surface area contributed by atoms with E-state index in [0.29, 0.717) is 63.7 Å². The number of amides is 3. The fourth-order valence-corrected chi connectivity index (χ4v) is 4.77. The Labute approximate surface area is 350 Å². The SMILES string of the molecule is CC(CCCN)NC=O.CCCCCCCCCCCNC(=O)COCCOCCNC=O.CCSCC(C)=O.O=CCCc1ccc(OCC(=O)O)cc1.O=CO. The molecule has 0 saturated carbocycles. The molecule has 0 aliphatic carbocycles. The van der Waals surface area contributed by atoms with Crippen LogP contribution in [-0.4, -0.2) is 124 Å². The molecule has 0 fully saturated rings. The van der Waals surface area contributed by atoms with E-state index < -0.39 is 5.97 Å². The lowest BCUT2D eigenvalue weighted by molar-refractivity contribution is -0.139. The fraction of sp³-hybridized carbons (Fsp3) is 0.683. The van der Waals surface area contributed by atoms with E-state index in [4.69, 9.17) is 35.0 Å². The van der Waals surface area contributed by atoms with E-state index in [1.54, 1.807) is 30.8 Å². The molecule has 17 heteroatoms. The number of nitrogens with one attached hydrogen (secondary N) is 3. The Morgan fingerprint density at radius 1 is 0.828 bits per heavy atom. The van der Waals surface area contributed by atoms with Crippen LogP contribution in [-0.2, 0) is 49.5 Å². The van der Waals surface area contributed by atoms with E-state index in [2.05, 4.69) is 22.9 Å². The predicted octanol–water partition coefficient (Wildman–Crippen LogP) is 4.58. The Balaban J connectivity index is -0.000000362. The summed E-state index contributed by atoms with van der Waals surface area (Å²) in [5.74, 6) is 1.44. The van der Waals surface area contributed by atoms with Gasteiger partial charge in [-0.2, -0.15) is 11.8 Å². The minimum Gasteiger partial charge on any atom is -0.483 e. The van der Waals surface area contributed by atoms with Crippen molar-refractivity contribution >= 4 is 55.0 Å². The van der Waals surface area contributed by atoms with Gasteiger partial charge in [-0.1, -0.05) is 77.3 Å². The van der Waals surface area contributed by atoms with Crippen molar-refractivity contribution < 1.29 is 58.0 Å². The third-order valence-electron chi connectivity index (χ3n) is 7.22. The van der Waals surface area contributed by atoms with E-state index in [-0.39, 0.29) is 37.4 Å². The molecule has 7 N–H and O–H groups in total. The first-order chi connectivity index (χ1) is 28.0. The normalized spacial score (nSPS) is 10.1. The number of aryl methyl sites for hydroxylation is 1. The number of carbonyl (C=O) groups excluding carboxylic acids is 5. The summed E-state index contributed by atoms with van der Waals surface area (Å²) in [6.07, 6.45) is 16.9. The summed E-state index contributed by atoms with van der Waals surface area (Å²) < 4.78 is 15.4. The van der Waals surface area contributed by atoms with Gasteiger partial charge in [-0.25, -0.2) is 4.79 Å². The van der Waals surface area contributed by atoms with Gasteiger partial charge in [0.15, 0.2) is 6.61 Å². The van der Waals surface area contributed by atoms with Crippen LogP contribution in [0, 0.1) is 0 Å². The topological polar surface area (TPSA) is 250 Å². The number of thioether (sulfide) groups is 1. The molecule has 1 aromatic rings. The van der Waals surface area contributed by atoms with Crippen molar-refractivity contribution in [2.24, 2.45) is 5.73 Å². The van der Waals surface area contributed by atoms with E-state index in [9.17, 15) is 28.8 Å². The first-order valence-electron chi connectivity index (χ1n) is 20.0. The maximum absolute atomic E-state index is 11.5. The minimum atomic E-state index is -1.000. The van der Waals surface area contributed by atoms with Gasteiger partial charge >= 0.3 is 5.97 Å².